The molecule has 0 unspecified atom stereocenters. The minimum absolute atomic E-state index is 0.686. The van der Waals surface area contributed by atoms with Gasteiger partial charge in [-0.25, -0.2) is 0 Å². The van der Waals surface area contributed by atoms with E-state index in [2.05, 4.69) is 47.9 Å². The standard InChI is InChI=1S/C31H21O2P/c1-33-28-20-18-22-10-2-8-16-26(22)30(28)31-27-17-9-3-11-23(27)19-21-29(31)34(32,24-12-4-5-13-24)25-14-6-7-15-25/h2-12,14,16-21H,1H3. The van der Waals surface area contributed by atoms with Crippen LogP contribution >= 0.6 is 7.14 Å². The van der Waals surface area contributed by atoms with Gasteiger partial charge in [-0.15, -0.1) is 11.5 Å². The summed E-state index contributed by atoms with van der Waals surface area (Å²) in [6.07, 6.45) is 11.2. The van der Waals surface area contributed by atoms with Crippen molar-refractivity contribution in [3.63, 3.8) is 0 Å². The number of hydrogen-bond donors (Lipinski definition) is 0. The quantitative estimate of drug-likeness (QED) is 0.226. The second-order valence-corrected chi connectivity index (χ2v) is 10.9. The lowest BCUT2D eigenvalue weighted by Gasteiger charge is -2.24. The van der Waals surface area contributed by atoms with Gasteiger partial charge >= 0.3 is 0 Å². The summed E-state index contributed by atoms with van der Waals surface area (Å²) in [5.74, 6) is 0.751. The van der Waals surface area contributed by atoms with Crippen LogP contribution in [-0.4, -0.2) is 7.11 Å². The number of allylic oxidation sites excluding steroid dienone is 6. The van der Waals surface area contributed by atoms with Crippen LogP contribution in [0, 0.1) is 0 Å². The fourth-order valence-corrected chi connectivity index (χ4v) is 7.60. The summed E-state index contributed by atoms with van der Waals surface area (Å²) in [4.78, 5) is 0. The predicted octanol–water partition coefficient (Wildman–Crippen LogP) is 7.87. The van der Waals surface area contributed by atoms with E-state index in [9.17, 15) is 0 Å². The highest BCUT2D eigenvalue weighted by Crippen LogP contribution is 2.63. The van der Waals surface area contributed by atoms with Crippen molar-refractivity contribution in [2.24, 2.45) is 0 Å². The average Bonchev–Trinajstić information content (AvgIpc) is 3.62. The zero-order chi connectivity index (χ0) is 23.1. The molecular weight excluding hydrogens is 435 g/mol. The van der Waals surface area contributed by atoms with Gasteiger partial charge in [-0.3, -0.25) is 0 Å². The van der Waals surface area contributed by atoms with Crippen LogP contribution in [0.2, 0.25) is 0 Å². The smallest absolute Gasteiger partial charge is 0.186 e. The minimum atomic E-state index is -3.26. The molecule has 34 heavy (non-hydrogen) atoms. The maximum absolute atomic E-state index is 15.2. The second kappa shape index (κ2) is 8.07. The molecule has 0 amide bonds. The molecule has 162 valence electrons. The molecule has 4 aromatic rings. The van der Waals surface area contributed by atoms with E-state index in [1.165, 1.54) is 0 Å². The number of methoxy groups -OCH3 is 1. The highest BCUT2D eigenvalue weighted by Gasteiger charge is 2.37. The fourth-order valence-electron chi connectivity index (χ4n) is 4.89. The number of hydrogen-bond acceptors (Lipinski definition) is 2. The zero-order valence-electron chi connectivity index (χ0n) is 18.7. The Kier molecular flexibility index (Phi) is 4.88. The van der Waals surface area contributed by atoms with Gasteiger partial charge in [0, 0.05) is 16.4 Å². The van der Waals surface area contributed by atoms with Crippen molar-refractivity contribution < 1.29 is 9.30 Å². The molecule has 0 saturated carbocycles. The lowest BCUT2D eigenvalue weighted by molar-refractivity contribution is 0.417. The van der Waals surface area contributed by atoms with Crippen LogP contribution in [0.5, 0.6) is 5.75 Å². The number of ether oxygens (including phenoxy) is 1. The van der Waals surface area contributed by atoms with Crippen molar-refractivity contribution in [3.8, 4) is 16.9 Å². The fraction of sp³-hybridized carbons (Fsp3) is 0.0323. The van der Waals surface area contributed by atoms with Crippen molar-refractivity contribution in [2.75, 3.05) is 7.11 Å². The van der Waals surface area contributed by atoms with Crippen LogP contribution in [0.25, 0.3) is 32.7 Å². The third-order valence-corrected chi connectivity index (χ3v) is 9.41. The first-order valence-corrected chi connectivity index (χ1v) is 12.9. The van der Waals surface area contributed by atoms with Crippen LogP contribution in [0.3, 0.4) is 0 Å². The predicted molar refractivity (Wildman–Crippen MR) is 142 cm³/mol. The molecule has 4 aromatic carbocycles. The van der Waals surface area contributed by atoms with Gasteiger partial charge in [-0.2, -0.15) is 0 Å². The largest absolute Gasteiger partial charge is 0.496 e. The Morgan fingerprint density at radius 2 is 1.24 bits per heavy atom. The summed E-state index contributed by atoms with van der Waals surface area (Å²) in [5, 5.41) is 6.42. The molecule has 0 N–H and O–H groups in total. The number of benzene rings is 4. The van der Waals surface area contributed by atoms with Crippen LogP contribution < -0.4 is 10.0 Å². The van der Waals surface area contributed by atoms with Crippen molar-refractivity contribution in [1.82, 2.24) is 0 Å². The first kappa shape index (κ1) is 20.5. The molecule has 2 nitrogen and oxygen atoms in total. The second-order valence-electron chi connectivity index (χ2n) is 8.26. The zero-order valence-corrected chi connectivity index (χ0v) is 19.6. The van der Waals surface area contributed by atoms with Crippen molar-refractivity contribution in [2.45, 2.75) is 0 Å². The Balaban J connectivity index is 1.82. The van der Waals surface area contributed by atoms with Gasteiger partial charge in [0.25, 0.3) is 0 Å². The maximum atomic E-state index is 15.2. The summed E-state index contributed by atoms with van der Waals surface area (Å²) in [6.45, 7) is 0. The van der Waals surface area contributed by atoms with Gasteiger partial charge in [-0.05, 0) is 58.0 Å². The molecule has 0 saturated heterocycles. The lowest BCUT2D eigenvalue weighted by atomic mass is 9.93. The first-order chi connectivity index (χ1) is 16.7. The summed E-state index contributed by atoms with van der Waals surface area (Å²) in [6, 6.07) is 24.7. The molecular formula is C31H21O2P. The van der Waals surface area contributed by atoms with Crippen LogP contribution in [0.4, 0.5) is 0 Å². The van der Waals surface area contributed by atoms with Gasteiger partial charge in [-0.1, -0.05) is 72.8 Å². The molecule has 0 spiro atoms. The number of fused-ring (bicyclic) bond motifs is 2. The van der Waals surface area contributed by atoms with Crippen LogP contribution in [0.1, 0.15) is 0 Å². The highest BCUT2D eigenvalue weighted by molar-refractivity contribution is 7.80. The third kappa shape index (κ3) is 3.02. The third-order valence-electron chi connectivity index (χ3n) is 6.45. The van der Waals surface area contributed by atoms with Gasteiger partial charge in [0.2, 0.25) is 0 Å². The van der Waals surface area contributed by atoms with E-state index in [1.54, 1.807) is 7.11 Å². The van der Waals surface area contributed by atoms with Crippen LogP contribution in [0.15, 0.2) is 131 Å². The maximum Gasteiger partial charge on any atom is 0.186 e. The van der Waals surface area contributed by atoms with Crippen LogP contribution in [-0.2, 0) is 4.57 Å². The van der Waals surface area contributed by atoms with E-state index in [0.717, 1.165) is 43.7 Å². The number of rotatable bonds is 5. The van der Waals surface area contributed by atoms with E-state index in [1.807, 2.05) is 72.9 Å². The normalized spacial score (nSPS) is 14.3. The molecule has 0 radical (unpaired) electrons. The first-order valence-electron chi connectivity index (χ1n) is 11.2. The molecule has 0 aromatic heterocycles. The summed E-state index contributed by atoms with van der Waals surface area (Å²) in [5.41, 5.74) is 8.36. The molecule has 2 aliphatic rings. The molecule has 6 rings (SSSR count). The van der Waals surface area contributed by atoms with E-state index < -0.39 is 7.14 Å². The molecule has 0 atom stereocenters. The SMILES string of the molecule is COc1ccc2ccccc2c1-c1c(P(=O)(C2=C=CC=C2)C2=C=CC=C2)ccc2ccccc12. The molecule has 0 heterocycles. The highest BCUT2D eigenvalue weighted by atomic mass is 31.2. The van der Waals surface area contributed by atoms with Crippen molar-refractivity contribution in [3.05, 3.63) is 131 Å². The van der Waals surface area contributed by atoms with Gasteiger partial charge < -0.3 is 9.30 Å². The minimum Gasteiger partial charge on any atom is -0.496 e. The van der Waals surface area contributed by atoms with Crippen molar-refractivity contribution in [1.29, 1.82) is 0 Å². The Morgan fingerprint density at radius 1 is 0.676 bits per heavy atom. The Bertz CT molecular complexity index is 1690. The van der Waals surface area contributed by atoms with E-state index in [0.29, 0.717) is 10.6 Å². The lowest BCUT2D eigenvalue weighted by Crippen LogP contribution is -2.12. The molecule has 0 bridgehead atoms. The Hall–Kier alpha value is -4.05. The monoisotopic (exact) mass is 456 g/mol. The summed E-state index contributed by atoms with van der Waals surface area (Å²) < 4.78 is 21.1. The average molecular weight is 456 g/mol. The van der Waals surface area contributed by atoms with Crippen molar-refractivity contribution >= 4 is 34.0 Å². The molecule has 0 aliphatic heterocycles. The van der Waals surface area contributed by atoms with E-state index in [-0.39, 0.29) is 0 Å². The molecule has 3 heteroatoms. The molecule has 0 fully saturated rings. The summed E-state index contributed by atoms with van der Waals surface area (Å²) in [7, 11) is -1.57. The Labute approximate surface area is 198 Å². The van der Waals surface area contributed by atoms with E-state index in [4.69, 9.17) is 4.74 Å². The van der Waals surface area contributed by atoms with E-state index >= 15 is 4.57 Å². The van der Waals surface area contributed by atoms with Gasteiger partial charge in [0.1, 0.15) is 5.75 Å². The van der Waals surface area contributed by atoms with Gasteiger partial charge in [0.15, 0.2) is 7.14 Å². The van der Waals surface area contributed by atoms with Gasteiger partial charge in [0.05, 0.1) is 17.7 Å². The topological polar surface area (TPSA) is 26.3 Å². The Morgan fingerprint density at radius 3 is 1.79 bits per heavy atom. The molecule has 2 aliphatic carbocycles. The summed E-state index contributed by atoms with van der Waals surface area (Å²) >= 11 is 0.